The van der Waals surface area contributed by atoms with Crippen LogP contribution in [0.5, 0.6) is 11.5 Å². The van der Waals surface area contributed by atoms with Gasteiger partial charge in [0.05, 0.1) is 19.1 Å². The molecule has 0 spiro atoms. The number of sulfonamides is 1. The van der Waals surface area contributed by atoms with Gasteiger partial charge in [0, 0.05) is 37.9 Å². The Morgan fingerprint density at radius 2 is 1.48 bits per heavy atom. The summed E-state index contributed by atoms with van der Waals surface area (Å²) in [5.41, 5.74) is 1.04. The molecule has 1 fully saturated rings. The number of rotatable bonds is 5. The summed E-state index contributed by atoms with van der Waals surface area (Å²) in [6.07, 6.45) is 0. The first-order valence-electron chi connectivity index (χ1n) is 8.08. The molecule has 1 aliphatic rings. The van der Waals surface area contributed by atoms with Crippen LogP contribution >= 0.6 is 0 Å². The minimum Gasteiger partial charge on any atom is -0.497 e. The molecule has 0 saturated carbocycles. The highest BCUT2D eigenvalue weighted by Gasteiger charge is 2.28. The van der Waals surface area contributed by atoms with E-state index in [4.69, 9.17) is 9.47 Å². The lowest BCUT2D eigenvalue weighted by molar-refractivity contribution is 0.383. The third-order valence-electron chi connectivity index (χ3n) is 4.35. The van der Waals surface area contributed by atoms with E-state index in [1.807, 2.05) is 24.3 Å². The molecule has 134 valence electrons. The van der Waals surface area contributed by atoms with E-state index >= 15 is 0 Å². The molecule has 0 radical (unpaired) electrons. The van der Waals surface area contributed by atoms with Crippen molar-refractivity contribution in [2.24, 2.45) is 0 Å². The maximum atomic E-state index is 12.8. The van der Waals surface area contributed by atoms with Gasteiger partial charge in [0.1, 0.15) is 11.5 Å². The van der Waals surface area contributed by atoms with Crippen molar-refractivity contribution in [2.75, 3.05) is 45.3 Å². The molecule has 2 aromatic rings. The molecule has 2 aromatic carbocycles. The minimum atomic E-state index is -3.48. The fraction of sp³-hybridized carbons (Fsp3) is 0.333. The van der Waals surface area contributed by atoms with Crippen LogP contribution in [-0.2, 0) is 10.0 Å². The molecule has 6 nitrogen and oxygen atoms in total. The molecule has 7 heteroatoms. The van der Waals surface area contributed by atoms with Crippen molar-refractivity contribution >= 4 is 15.7 Å². The predicted molar refractivity (Wildman–Crippen MR) is 97.0 cm³/mol. The quantitative estimate of drug-likeness (QED) is 0.816. The Morgan fingerprint density at radius 1 is 0.840 bits per heavy atom. The average Bonchev–Trinajstić information content (AvgIpc) is 2.68. The monoisotopic (exact) mass is 362 g/mol. The van der Waals surface area contributed by atoms with Crippen molar-refractivity contribution in [3.05, 3.63) is 48.5 Å². The number of benzene rings is 2. The molecular formula is C18H22N2O4S. The van der Waals surface area contributed by atoms with Gasteiger partial charge < -0.3 is 14.4 Å². The van der Waals surface area contributed by atoms with Gasteiger partial charge in [0.25, 0.3) is 0 Å². The SMILES string of the molecule is COc1ccc(S(=O)(=O)N2CCN(c3cccc(OC)c3)CC2)cc1. The lowest BCUT2D eigenvalue weighted by Crippen LogP contribution is -2.48. The second-order valence-corrected chi connectivity index (χ2v) is 7.71. The molecule has 0 unspecified atom stereocenters. The Labute approximate surface area is 148 Å². The first-order chi connectivity index (χ1) is 12.0. The second-order valence-electron chi connectivity index (χ2n) is 5.77. The van der Waals surface area contributed by atoms with Gasteiger partial charge >= 0.3 is 0 Å². The van der Waals surface area contributed by atoms with Crippen molar-refractivity contribution in [1.29, 1.82) is 0 Å². The van der Waals surface area contributed by atoms with Gasteiger partial charge in [0.15, 0.2) is 0 Å². The Hall–Kier alpha value is -2.25. The van der Waals surface area contributed by atoms with Crippen LogP contribution in [0.25, 0.3) is 0 Å². The van der Waals surface area contributed by atoms with Crippen LogP contribution in [0.1, 0.15) is 0 Å². The lowest BCUT2D eigenvalue weighted by atomic mass is 10.2. The van der Waals surface area contributed by atoms with Crippen LogP contribution in [0.4, 0.5) is 5.69 Å². The van der Waals surface area contributed by atoms with Gasteiger partial charge in [-0.15, -0.1) is 0 Å². The summed E-state index contributed by atoms with van der Waals surface area (Å²) >= 11 is 0. The van der Waals surface area contributed by atoms with E-state index in [1.165, 1.54) is 4.31 Å². The summed E-state index contributed by atoms with van der Waals surface area (Å²) in [7, 11) is -0.285. The molecular weight excluding hydrogens is 340 g/mol. The fourth-order valence-electron chi connectivity index (χ4n) is 2.89. The topological polar surface area (TPSA) is 59.1 Å². The molecule has 1 heterocycles. The molecule has 3 rings (SSSR count). The number of methoxy groups -OCH3 is 2. The van der Waals surface area contributed by atoms with Gasteiger partial charge in [-0.1, -0.05) is 6.07 Å². The molecule has 0 amide bonds. The maximum Gasteiger partial charge on any atom is 0.243 e. The first-order valence-corrected chi connectivity index (χ1v) is 9.52. The Kier molecular flexibility index (Phi) is 5.15. The molecule has 0 bridgehead atoms. The third kappa shape index (κ3) is 3.72. The summed E-state index contributed by atoms with van der Waals surface area (Å²) in [6, 6.07) is 14.3. The zero-order valence-electron chi connectivity index (χ0n) is 14.4. The zero-order valence-corrected chi connectivity index (χ0v) is 15.2. The fourth-order valence-corrected chi connectivity index (χ4v) is 4.31. The van der Waals surface area contributed by atoms with Gasteiger partial charge in [-0.3, -0.25) is 0 Å². The van der Waals surface area contributed by atoms with E-state index < -0.39 is 10.0 Å². The van der Waals surface area contributed by atoms with Gasteiger partial charge in [0.2, 0.25) is 10.0 Å². The van der Waals surface area contributed by atoms with Crippen LogP contribution in [0.2, 0.25) is 0 Å². The molecule has 1 aliphatic heterocycles. The van der Waals surface area contributed by atoms with E-state index in [1.54, 1.807) is 38.5 Å². The standard InChI is InChI=1S/C18H22N2O4S/c1-23-16-6-8-18(9-7-16)25(21,22)20-12-10-19(11-13-20)15-4-3-5-17(14-15)24-2/h3-9,14H,10-13H2,1-2H3. The summed E-state index contributed by atoms with van der Waals surface area (Å²) in [4.78, 5) is 2.46. The minimum absolute atomic E-state index is 0.295. The number of hydrogen-bond donors (Lipinski definition) is 0. The molecule has 0 aromatic heterocycles. The molecule has 1 saturated heterocycles. The van der Waals surface area contributed by atoms with Crippen molar-refractivity contribution in [2.45, 2.75) is 4.90 Å². The molecule has 25 heavy (non-hydrogen) atoms. The highest BCUT2D eigenvalue weighted by Crippen LogP contribution is 2.25. The van der Waals surface area contributed by atoms with E-state index in [0.29, 0.717) is 36.8 Å². The predicted octanol–water partition coefficient (Wildman–Crippen LogP) is 2.21. The Bertz CT molecular complexity index is 813. The van der Waals surface area contributed by atoms with E-state index in [-0.39, 0.29) is 0 Å². The van der Waals surface area contributed by atoms with Crippen molar-refractivity contribution in [3.63, 3.8) is 0 Å². The third-order valence-corrected chi connectivity index (χ3v) is 6.27. The average molecular weight is 362 g/mol. The normalized spacial score (nSPS) is 15.8. The van der Waals surface area contributed by atoms with Gasteiger partial charge in [-0.2, -0.15) is 4.31 Å². The zero-order chi connectivity index (χ0) is 17.9. The number of hydrogen-bond acceptors (Lipinski definition) is 5. The van der Waals surface area contributed by atoms with Crippen molar-refractivity contribution < 1.29 is 17.9 Å². The van der Waals surface area contributed by atoms with Crippen LogP contribution < -0.4 is 14.4 Å². The summed E-state index contributed by atoms with van der Waals surface area (Å²) in [5.74, 6) is 1.44. The smallest absolute Gasteiger partial charge is 0.243 e. The largest absolute Gasteiger partial charge is 0.497 e. The number of nitrogens with zero attached hydrogens (tertiary/aromatic N) is 2. The van der Waals surface area contributed by atoms with Crippen molar-refractivity contribution in [1.82, 2.24) is 4.31 Å². The Balaban J connectivity index is 1.70. The van der Waals surface area contributed by atoms with Crippen LogP contribution in [0, 0.1) is 0 Å². The van der Waals surface area contributed by atoms with E-state index in [0.717, 1.165) is 11.4 Å². The van der Waals surface area contributed by atoms with Crippen LogP contribution in [0.3, 0.4) is 0 Å². The summed E-state index contributed by atoms with van der Waals surface area (Å²) in [5, 5.41) is 0. The summed E-state index contributed by atoms with van der Waals surface area (Å²) < 4.78 is 37.4. The van der Waals surface area contributed by atoms with E-state index in [2.05, 4.69) is 4.90 Å². The van der Waals surface area contributed by atoms with Crippen molar-refractivity contribution in [3.8, 4) is 11.5 Å². The van der Waals surface area contributed by atoms with Gasteiger partial charge in [-0.05, 0) is 36.4 Å². The maximum absolute atomic E-state index is 12.8. The molecule has 0 N–H and O–H groups in total. The second kappa shape index (κ2) is 7.33. The first kappa shape index (κ1) is 17.6. The van der Waals surface area contributed by atoms with Crippen LogP contribution in [-0.4, -0.2) is 53.1 Å². The van der Waals surface area contributed by atoms with E-state index in [9.17, 15) is 8.42 Å². The molecule has 0 atom stereocenters. The van der Waals surface area contributed by atoms with Crippen LogP contribution in [0.15, 0.2) is 53.4 Å². The number of anilines is 1. The number of ether oxygens (including phenoxy) is 2. The lowest BCUT2D eigenvalue weighted by Gasteiger charge is -2.35. The molecule has 0 aliphatic carbocycles. The Morgan fingerprint density at radius 3 is 2.08 bits per heavy atom. The highest BCUT2D eigenvalue weighted by atomic mass is 32.2. The number of piperazine rings is 1. The van der Waals surface area contributed by atoms with Gasteiger partial charge in [-0.25, -0.2) is 8.42 Å². The summed E-state index contributed by atoms with van der Waals surface area (Å²) in [6.45, 7) is 2.18. The highest BCUT2D eigenvalue weighted by molar-refractivity contribution is 7.89.